The number of carbonyl (C=O) groups excluding carboxylic acids is 2. The monoisotopic (exact) mass is 616 g/mol. The van der Waals surface area contributed by atoms with Crippen molar-refractivity contribution in [1.82, 2.24) is 29.3 Å². The van der Waals surface area contributed by atoms with Crippen molar-refractivity contribution in [2.45, 2.75) is 69.8 Å². The van der Waals surface area contributed by atoms with Gasteiger partial charge >= 0.3 is 6.09 Å². The van der Waals surface area contributed by atoms with E-state index in [1.54, 1.807) is 10.6 Å². The standard InChI is InChI=1S/C30H44N6O6S/c1-20(2)36-27-8-6-5-7-21(27)15-26(29(36)38)28(37)32-22-16-23-9-10-24(17-22)35(23)19-25(42-30(39)31-3)18-33-11-13-34(14-12-33)43(4,40)41/h5-8,15,20,22-25H,9-14,16-19H2,1-4H3,(H,31,39)(H,32,37)/t23-,24-,25?/m1/s1. The first-order chi connectivity index (χ1) is 20.4. The fourth-order valence-corrected chi connectivity index (χ4v) is 7.85. The molecule has 3 aliphatic rings. The highest BCUT2D eigenvalue weighted by molar-refractivity contribution is 7.88. The summed E-state index contributed by atoms with van der Waals surface area (Å²) in [6.45, 7) is 6.97. The Hall–Kier alpha value is -3.00. The number of hydrogen-bond acceptors (Lipinski definition) is 8. The largest absolute Gasteiger partial charge is 0.444 e. The number of rotatable bonds is 9. The van der Waals surface area contributed by atoms with Crippen LogP contribution in [0.4, 0.5) is 4.79 Å². The molecule has 13 heteroatoms. The molecule has 3 aliphatic heterocycles. The average molecular weight is 617 g/mol. The molecule has 1 unspecified atom stereocenters. The van der Waals surface area contributed by atoms with Crippen LogP contribution < -0.4 is 16.2 Å². The first-order valence-corrected chi connectivity index (χ1v) is 17.1. The Morgan fingerprint density at radius 1 is 1.02 bits per heavy atom. The number of pyridine rings is 1. The maximum Gasteiger partial charge on any atom is 0.407 e. The summed E-state index contributed by atoms with van der Waals surface area (Å²) in [6, 6.07) is 9.65. The van der Waals surface area contributed by atoms with Crippen LogP contribution in [0.5, 0.6) is 0 Å². The molecule has 3 fully saturated rings. The van der Waals surface area contributed by atoms with Gasteiger partial charge in [0.05, 0.1) is 11.8 Å². The van der Waals surface area contributed by atoms with Crippen LogP contribution in [0, 0.1) is 0 Å². The number of piperidine rings is 1. The summed E-state index contributed by atoms with van der Waals surface area (Å²) >= 11 is 0. The topological polar surface area (TPSA) is 133 Å². The van der Waals surface area contributed by atoms with Crippen LogP contribution in [0.2, 0.25) is 0 Å². The molecule has 0 radical (unpaired) electrons. The summed E-state index contributed by atoms with van der Waals surface area (Å²) in [5.41, 5.74) is 0.701. The molecule has 2 aromatic rings. The van der Waals surface area contributed by atoms with Crippen LogP contribution in [0.15, 0.2) is 35.1 Å². The van der Waals surface area contributed by atoms with Crippen molar-refractivity contribution < 1.29 is 22.7 Å². The molecule has 5 rings (SSSR count). The lowest BCUT2D eigenvalue weighted by Gasteiger charge is -2.41. The van der Waals surface area contributed by atoms with Crippen molar-refractivity contribution in [3.8, 4) is 0 Å². The van der Waals surface area contributed by atoms with Gasteiger partial charge in [-0.15, -0.1) is 0 Å². The second-order valence-electron chi connectivity index (χ2n) is 12.3. The molecule has 12 nitrogen and oxygen atoms in total. The highest BCUT2D eigenvalue weighted by Crippen LogP contribution is 2.36. The molecule has 3 atom stereocenters. The first kappa shape index (κ1) is 31.4. The van der Waals surface area contributed by atoms with Crippen molar-refractivity contribution >= 4 is 32.9 Å². The Bertz CT molecular complexity index is 1490. The highest BCUT2D eigenvalue weighted by Gasteiger charge is 2.43. The van der Waals surface area contributed by atoms with Crippen LogP contribution in [-0.2, 0) is 14.8 Å². The van der Waals surface area contributed by atoms with Gasteiger partial charge in [0.15, 0.2) is 0 Å². The number of alkyl carbamates (subject to hydrolysis) is 1. The second-order valence-corrected chi connectivity index (χ2v) is 14.3. The zero-order valence-electron chi connectivity index (χ0n) is 25.5. The maximum absolute atomic E-state index is 13.5. The Kier molecular flexibility index (Phi) is 9.45. The average Bonchev–Trinajstić information content (AvgIpc) is 3.18. The molecule has 0 spiro atoms. The van der Waals surface area contributed by atoms with Crippen molar-refractivity contribution in [3.05, 3.63) is 46.2 Å². The normalized spacial score (nSPS) is 24.3. The summed E-state index contributed by atoms with van der Waals surface area (Å²) in [4.78, 5) is 43.6. The Labute approximate surface area is 253 Å². The molecule has 4 heterocycles. The molecule has 236 valence electrons. The second kappa shape index (κ2) is 12.9. The van der Waals surface area contributed by atoms with Gasteiger partial charge in [-0.25, -0.2) is 13.2 Å². The van der Waals surface area contributed by atoms with E-state index in [1.807, 2.05) is 38.1 Å². The van der Waals surface area contributed by atoms with Gasteiger partial charge in [0, 0.05) is 70.5 Å². The zero-order valence-corrected chi connectivity index (χ0v) is 26.3. The van der Waals surface area contributed by atoms with Gasteiger partial charge in [-0.1, -0.05) is 18.2 Å². The molecule has 0 aliphatic carbocycles. The van der Waals surface area contributed by atoms with E-state index in [9.17, 15) is 22.8 Å². The minimum Gasteiger partial charge on any atom is -0.444 e. The van der Waals surface area contributed by atoms with Gasteiger partial charge in [0.2, 0.25) is 10.0 Å². The van der Waals surface area contributed by atoms with Gasteiger partial charge in [-0.2, -0.15) is 4.31 Å². The third kappa shape index (κ3) is 7.05. The number of fused-ring (bicyclic) bond motifs is 3. The van der Waals surface area contributed by atoms with Crippen LogP contribution in [-0.4, -0.2) is 116 Å². The van der Waals surface area contributed by atoms with Gasteiger partial charge < -0.3 is 19.9 Å². The zero-order chi connectivity index (χ0) is 30.9. The lowest BCUT2D eigenvalue weighted by molar-refractivity contribution is 0.0142. The highest BCUT2D eigenvalue weighted by atomic mass is 32.2. The van der Waals surface area contributed by atoms with Crippen molar-refractivity contribution in [2.75, 3.05) is 52.6 Å². The number of ether oxygens (including phenoxy) is 1. The number of amides is 2. The molecule has 1 aromatic carbocycles. The van der Waals surface area contributed by atoms with Crippen LogP contribution in [0.25, 0.3) is 10.9 Å². The summed E-state index contributed by atoms with van der Waals surface area (Å²) < 4.78 is 32.8. The molecule has 2 N–H and O–H groups in total. The summed E-state index contributed by atoms with van der Waals surface area (Å²) in [5, 5.41) is 6.57. The molecule has 0 saturated carbocycles. The lowest BCUT2D eigenvalue weighted by atomic mass is 9.96. The van der Waals surface area contributed by atoms with E-state index in [2.05, 4.69) is 20.4 Å². The number of nitrogens with zero attached hydrogens (tertiary/aromatic N) is 4. The summed E-state index contributed by atoms with van der Waals surface area (Å²) in [6.07, 6.45) is 3.86. The molecule has 2 bridgehead atoms. The number of para-hydroxylation sites is 1. The summed E-state index contributed by atoms with van der Waals surface area (Å²) in [5.74, 6) is -0.336. The maximum atomic E-state index is 13.5. The third-order valence-corrected chi connectivity index (χ3v) is 10.4. The Morgan fingerprint density at radius 3 is 2.28 bits per heavy atom. The molecular formula is C30H44N6O6S. The van der Waals surface area contributed by atoms with E-state index in [-0.39, 0.29) is 47.3 Å². The number of piperazine rings is 1. The van der Waals surface area contributed by atoms with E-state index in [1.165, 1.54) is 17.6 Å². The van der Waals surface area contributed by atoms with Gasteiger partial charge in [0.25, 0.3) is 11.5 Å². The Balaban J connectivity index is 1.24. The van der Waals surface area contributed by atoms with Crippen molar-refractivity contribution in [1.29, 1.82) is 0 Å². The van der Waals surface area contributed by atoms with Gasteiger partial charge in [0.1, 0.15) is 11.7 Å². The van der Waals surface area contributed by atoms with Crippen molar-refractivity contribution in [3.63, 3.8) is 0 Å². The van der Waals surface area contributed by atoms with Crippen LogP contribution in [0.3, 0.4) is 0 Å². The van der Waals surface area contributed by atoms with E-state index >= 15 is 0 Å². The number of sulfonamides is 1. The molecule has 1 aromatic heterocycles. The number of hydrogen-bond donors (Lipinski definition) is 2. The summed E-state index contributed by atoms with van der Waals surface area (Å²) in [7, 11) is -1.69. The molecule has 2 amide bonds. The molecular weight excluding hydrogens is 572 g/mol. The SMILES string of the molecule is CNC(=O)OC(CN1CCN(S(C)(=O)=O)CC1)CN1[C@@H]2CC[C@@H]1CC(NC(=O)c1cc3ccccc3n(C(C)C)c1=O)C2. The van der Waals surface area contributed by atoms with E-state index in [0.717, 1.165) is 36.6 Å². The molecule has 3 saturated heterocycles. The van der Waals surface area contributed by atoms with E-state index in [4.69, 9.17) is 4.74 Å². The number of benzene rings is 1. The van der Waals surface area contributed by atoms with Crippen LogP contribution >= 0.6 is 0 Å². The number of nitrogens with one attached hydrogen (secondary N) is 2. The predicted molar refractivity (Wildman–Crippen MR) is 165 cm³/mol. The quantitative estimate of drug-likeness (QED) is 0.434. The smallest absolute Gasteiger partial charge is 0.407 e. The third-order valence-electron chi connectivity index (χ3n) is 9.08. The minimum absolute atomic E-state index is 0.0537. The fraction of sp³-hybridized carbons (Fsp3) is 0.633. The number of carbonyl (C=O) groups is 2. The Morgan fingerprint density at radius 2 is 1.67 bits per heavy atom. The number of aromatic nitrogens is 1. The lowest BCUT2D eigenvalue weighted by Crippen LogP contribution is -2.55. The first-order valence-electron chi connectivity index (χ1n) is 15.2. The van der Waals surface area contributed by atoms with Gasteiger partial charge in [-0.3, -0.25) is 19.4 Å². The molecule has 43 heavy (non-hydrogen) atoms. The van der Waals surface area contributed by atoms with E-state index < -0.39 is 16.1 Å². The van der Waals surface area contributed by atoms with Crippen LogP contribution in [0.1, 0.15) is 55.9 Å². The van der Waals surface area contributed by atoms with Crippen molar-refractivity contribution in [2.24, 2.45) is 0 Å². The van der Waals surface area contributed by atoms with E-state index in [0.29, 0.717) is 39.3 Å². The predicted octanol–water partition coefficient (Wildman–Crippen LogP) is 1.61. The van der Waals surface area contributed by atoms with Gasteiger partial charge in [-0.05, 0) is 57.0 Å². The fourth-order valence-electron chi connectivity index (χ4n) is 7.02. The minimum atomic E-state index is -3.23.